The van der Waals surface area contributed by atoms with Crippen LogP contribution in [-0.4, -0.2) is 32.3 Å². The topological polar surface area (TPSA) is 36.5 Å². The van der Waals surface area contributed by atoms with Crippen LogP contribution in [0.4, 0.5) is 34.6 Å². The normalized spacial score (nSPS) is 23.4. The highest BCUT2D eigenvalue weighted by Crippen LogP contribution is 2.47. The molecule has 0 spiro atoms. The van der Waals surface area contributed by atoms with Crippen molar-refractivity contribution in [1.29, 1.82) is 0 Å². The number of halogens is 4. The van der Waals surface area contributed by atoms with Crippen molar-refractivity contribution < 1.29 is 22.3 Å². The first-order valence-corrected chi connectivity index (χ1v) is 9.77. The number of hydrogen-bond acceptors (Lipinski definition) is 4. The van der Waals surface area contributed by atoms with Gasteiger partial charge in [-0.3, -0.25) is 0 Å². The van der Waals surface area contributed by atoms with Gasteiger partial charge in [-0.25, -0.2) is 4.39 Å². The van der Waals surface area contributed by atoms with Gasteiger partial charge in [0, 0.05) is 42.0 Å². The van der Waals surface area contributed by atoms with Crippen molar-refractivity contribution >= 4 is 17.1 Å². The number of hydrogen-bond donors (Lipinski definition) is 2. The van der Waals surface area contributed by atoms with Crippen LogP contribution < -0.4 is 15.5 Å². The molecule has 8 heteroatoms. The SMILES string of the molecule is Fc1ccc(C(F)(F)F)cc1Nc1cc2c3c(c1)C1CNCCC1N3CCOC2. The number of anilines is 3. The predicted octanol–water partition coefficient (Wildman–Crippen LogP) is 4.38. The smallest absolute Gasteiger partial charge is 0.375 e. The highest BCUT2D eigenvalue weighted by atomic mass is 19.4. The summed E-state index contributed by atoms with van der Waals surface area (Å²) in [6.45, 7) is 3.72. The molecule has 0 amide bonds. The van der Waals surface area contributed by atoms with E-state index in [4.69, 9.17) is 4.74 Å². The van der Waals surface area contributed by atoms with E-state index >= 15 is 0 Å². The molecule has 0 aliphatic carbocycles. The lowest BCUT2D eigenvalue weighted by atomic mass is 9.89. The summed E-state index contributed by atoms with van der Waals surface area (Å²) >= 11 is 0. The highest BCUT2D eigenvalue weighted by molar-refractivity contribution is 5.74. The Hall–Kier alpha value is -2.32. The van der Waals surface area contributed by atoms with Gasteiger partial charge in [0.25, 0.3) is 0 Å². The van der Waals surface area contributed by atoms with Crippen molar-refractivity contribution in [3.63, 3.8) is 0 Å². The van der Waals surface area contributed by atoms with Crippen LogP contribution >= 0.6 is 0 Å². The van der Waals surface area contributed by atoms with Gasteiger partial charge in [-0.1, -0.05) is 0 Å². The molecule has 3 aliphatic rings. The minimum absolute atomic E-state index is 0.185. The van der Waals surface area contributed by atoms with Crippen LogP contribution in [0, 0.1) is 5.82 Å². The number of nitrogens with zero attached hydrogens (tertiary/aromatic N) is 1. The molecule has 2 aromatic rings. The lowest BCUT2D eigenvalue weighted by Crippen LogP contribution is -2.44. The molecule has 154 valence electrons. The van der Waals surface area contributed by atoms with Crippen LogP contribution in [0.3, 0.4) is 0 Å². The minimum Gasteiger partial charge on any atom is -0.375 e. The Balaban J connectivity index is 1.55. The molecule has 2 unspecified atom stereocenters. The van der Waals surface area contributed by atoms with Crippen LogP contribution in [0.5, 0.6) is 0 Å². The van der Waals surface area contributed by atoms with Gasteiger partial charge in [0.1, 0.15) is 5.82 Å². The maximum absolute atomic E-state index is 14.2. The Labute approximate surface area is 165 Å². The number of fused-ring (bicyclic) bond motifs is 3. The Bertz CT molecular complexity index is 946. The first-order chi connectivity index (χ1) is 13.9. The van der Waals surface area contributed by atoms with Crippen LogP contribution in [0.2, 0.25) is 0 Å². The Morgan fingerprint density at radius 1 is 1.17 bits per heavy atom. The molecule has 0 aromatic heterocycles. The molecule has 0 bridgehead atoms. The van der Waals surface area contributed by atoms with E-state index in [1.165, 1.54) is 5.69 Å². The quantitative estimate of drug-likeness (QED) is 0.725. The predicted molar refractivity (Wildman–Crippen MR) is 102 cm³/mol. The number of piperidine rings is 1. The summed E-state index contributed by atoms with van der Waals surface area (Å²) in [6, 6.07) is 6.62. The third kappa shape index (κ3) is 3.24. The van der Waals surface area contributed by atoms with Crippen LogP contribution in [0.1, 0.15) is 29.0 Å². The van der Waals surface area contributed by atoms with Gasteiger partial charge in [-0.2, -0.15) is 13.2 Å². The van der Waals surface area contributed by atoms with E-state index in [2.05, 4.69) is 15.5 Å². The molecular weight excluding hydrogens is 386 g/mol. The zero-order valence-electron chi connectivity index (χ0n) is 15.7. The van der Waals surface area contributed by atoms with Crippen LogP contribution in [-0.2, 0) is 17.5 Å². The minimum atomic E-state index is -4.53. The standard InChI is InChI=1S/C21H21F4N3O/c22-17-2-1-13(21(23,24)25)8-18(17)27-14-7-12-11-29-6-5-28-19-3-4-26-10-16(19)15(9-14)20(12)28/h1-2,7-9,16,19,26-27H,3-6,10-11H2. The zero-order chi connectivity index (χ0) is 20.2. The third-order valence-corrected chi connectivity index (χ3v) is 6.06. The van der Waals surface area contributed by atoms with Crippen LogP contribution in [0.25, 0.3) is 0 Å². The number of ether oxygens (including phenoxy) is 1. The molecule has 1 fully saturated rings. The van der Waals surface area contributed by atoms with Gasteiger partial charge in [0.15, 0.2) is 0 Å². The molecule has 3 heterocycles. The third-order valence-electron chi connectivity index (χ3n) is 6.06. The lowest BCUT2D eigenvalue weighted by Gasteiger charge is -2.33. The number of alkyl halides is 3. The zero-order valence-corrected chi connectivity index (χ0v) is 15.7. The average Bonchev–Trinajstić information content (AvgIpc) is 2.84. The maximum Gasteiger partial charge on any atom is 0.416 e. The largest absolute Gasteiger partial charge is 0.416 e. The van der Waals surface area contributed by atoms with E-state index in [1.54, 1.807) is 0 Å². The van der Waals surface area contributed by atoms with Crippen molar-refractivity contribution in [2.24, 2.45) is 0 Å². The summed E-state index contributed by atoms with van der Waals surface area (Å²) in [5.41, 5.74) is 2.83. The Kier molecular flexibility index (Phi) is 4.43. The summed E-state index contributed by atoms with van der Waals surface area (Å²) in [7, 11) is 0. The van der Waals surface area contributed by atoms with Gasteiger partial charge < -0.3 is 20.3 Å². The van der Waals surface area contributed by atoms with Gasteiger partial charge in [0.2, 0.25) is 0 Å². The summed E-state index contributed by atoms with van der Waals surface area (Å²) in [4.78, 5) is 2.41. The van der Waals surface area contributed by atoms with Crippen LogP contribution in [0.15, 0.2) is 30.3 Å². The summed E-state index contributed by atoms with van der Waals surface area (Å²) in [5.74, 6) is -0.414. The molecular formula is C21H21F4N3O. The van der Waals surface area contributed by atoms with Crippen molar-refractivity contribution in [2.75, 3.05) is 36.5 Å². The molecule has 0 saturated carbocycles. The van der Waals surface area contributed by atoms with E-state index in [0.29, 0.717) is 30.9 Å². The summed E-state index contributed by atoms with van der Waals surface area (Å²) in [5, 5.41) is 6.31. The average molecular weight is 407 g/mol. The van der Waals surface area contributed by atoms with E-state index in [1.807, 2.05) is 12.1 Å². The fourth-order valence-corrected chi connectivity index (χ4v) is 4.81. The summed E-state index contributed by atoms with van der Waals surface area (Å²) < 4.78 is 59.1. The van der Waals surface area contributed by atoms with Crippen molar-refractivity contribution in [2.45, 2.75) is 31.2 Å². The second-order valence-corrected chi connectivity index (χ2v) is 7.80. The molecule has 4 nitrogen and oxygen atoms in total. The number of rotatable bonds is 2. The van der Waals surface area contributed by atoms with Crippen molar-refractivity contribution in [1.82, 2.24) is 5.32 Å². The molecule has 1 saturated heterocycles. The van der Waals surface area contributed by atoms with E-state index < -0.39 is 17.6 Å². The molecule has 3 aliphatic heterocycles. The second-order valence-electron chi connectivity index (χ2n) is 7.80. The fraction of sp³-hybridized carbons (Fsp3) is 0.429. The van der Waals surface area contributed by atoms with Gasteiger partial charge >= 0.3 is 6.18 Å². The Morgan fingerprint density at radius 2 is 2.03 bits per heavy atom. The van der Waals surface area contributed by atoms with Crippen molar-refractivity contribution in [3.05, 3.63) is 52.8 Å². The molecule has 29 heavy (non-hydrogen) atoms. The molecule has 2 aromatic carbocycles. The molecule has 2 atom stereocenters. The Morgan fingerprint density at radius 3 is 2.86 bits per heavy atom. The number of nitrogens with one attached hydrogen (secondary N) is 2. The van der Waals surface area contributed by atoms with E-state index in [0.717, 1.165) is 55.4 Å². The summed E-state index contributed by atoms with van der Waals surface area (Å²) in [6.07, 6.45) is -3.49. The van der Waals surface area contributed by atoms with E-state index in [-0.39, 0.29) is 5.69 Å². The molecule has 0 radical (unpaired) electrons. The molecule has 2 N–H and O–H groups in total. The highest BCUT2D eigenvalue weighted by Gasteiger charge is 2.42. The second kappa shape index (κ2) is 6.88. The molecule has 5 rings (SSSR count). The van der Waals surface area contributed by atoms with Gasteiger partial charge in [-0.15, -0.1) is 0 Å². The number of benzene rings is 2. The lowest BCUT2D eigenvalue weighted by molar-refractivity contribution is -0.137. The van der Waals surface area contributed by atoms with E-state index in [9.17, 15) is 17.6 Å². The van der Waals surface area contributed by atoms with Gasteiger partial charge in [0.05, 0.1) is 24.5 Å². The van der Waals surface area contributed by atoms with Gasteiger partial charge in [-0.05, 0) is 48.9 Å². The van der Waals surface area contributed by atoms with Crippen molar-refractivity contribution in [3.8, 4) is 0 Å². The maximum atomic E-state index is 14.2. The first-order valence-electron chi connectivity index (χ1n) is 9.77. The first kappa shape index (κ1) is 18.7. The fourth-order valence-electron chi connectivity index (χ4n) is 4.81. The monoisotopic (exact) mass is 407 g/mol.